The molecule has 178 valence electrons. The van der Waals surface area contributed by atoms with Crippen LogP contribution in [-0.2, 0) is 11.2 Å². The lowest BCUT2D eigenvalue weighted by molar-refractivity contribution is -0.132. The number of carbonyl (C=O) groups is 2. The van der Waals surface area contributed by atoms with Crippen molar-refractivity contribution < 1.29 is 14.0 Å². The van der Waals surface area contributed by atoms with Crippen molar-refractivity contribution >= 4 is 22.7 Å². The first-order valence-electron chi connectivity index (χ1n) is 12.1. The molecular formula is C29H28FN3O2. The minimum atomic E-state index is -0.289. The Morgan fingerprint density at radius 3 is 2.34 bits per heavy atom. The fourth-order valence-electron chi connectivity index (χ4n) is 4.85. The summed E-state index contributed by atoms with van der Waals surface area (Å²) in [6.45, 7) is 1.24. The number of halogens is 1. The van der Waals surface area contributed by atoms with Gasteiger partial charge >= 0.3 is 0 Å². The van der Waals surface area contributed by atoms with E-state index in [1.54, 1.807) is 24.3 Å². The number of aryl methyl sites for hydroxylation is 1. The van der Waals surface area contributed by atoms with Gasteiger partial charge in [0, 0.05) is 47.7 Å². The van der Waals surface area contributed by atoms with Gasteiger partial charge in [0.15, 0.2) is 0 Å². The number of likely N-dealkylation sites (tertiary alicyclic amines) is 1. The number of aromatic nitrogens is 1. The molecule has 2 N–H and O–H groups in total. The zero-order chi connectivity index (χ0) is 24.2. The molecule has 5 nitrogen and oxygen atoms in total. The third-order valence-electron chi connectivity index (χ3n) is 6.74. The van der Waals surface area contributed by atoms with E-state index in [1.807, 2.05) is 53.4 Å². The Labute approximate surface area is 204 Å². The lowest BCUT2D eigenvalue weighted by atomic mass is 9.99. The highest BCUT2D eigenvalue weighted by atomic mass is 19.1. The summed E-state index contributed by atoms with van der Waals surface area (Å²) in [6.07, 6.45) is 2.34. The van der Waals surface area contributed by atoms with Crippen molar-refractivity contribution in [3.05, 3.63) is 95.8 Å². The highest BCUT2D eigenvalue weighted by molar-refractivity contribution is 5.94. The largest absolute Gasteiger partial charge is 0.354 e. The molecule has 0 bridgehead atoms. The molecule has 1 aliphatic heterocycles. The van der Waals surface area contributed by atoms with Crippen LogP contribution in [0.5, 0.6) is 0 Å². The van der Waals surface area contributed by atoms with Crippen molar-refractivity contribution in [2.45, 2.75) is 31.7 Å². The topological polar surface area (TPSA) is 65.2 Å². The molecule has 2 amide bonds. The quantitative estimate of drug-likeness (QED) is 0.401. The lowest BCUT2D eigenvalue weighted by Crippen LogP contribution is -2.46. The number of carbonyl (C=O) groups excluding carboxylic acids is 2. The number of benzene rings is 3. The van der Waals surface area contributed by atoms with Gasteiger partial charge in [-0.2, -0.15) is 0 Å². The van der Waals surface area contributed by atoms with E-state index in [9.17, 15) is 14.0 Å². The number of hydrogen-bond donors (Lipinski definition) is 2. The van der Waals surface area contributed by atoms with E-state index in [2.05, 4.69) is 10.3 Å². The molecule has 1 fully saturated rings. The SMILES string of the molecule is O=C(NC1CCN(C(=O)CCc2c(-c3ccccc3)[nH]c3ccc(F)cc23)CC1)c1ccccc1. The Balaban J connectivity index is 1.23. The van der Waals surface area contributed by atoms with Crippen molar-refractivity contribution in [3.63, 3.8) is 0 Å². The van der Waals surface area contributed by atoms with Gasteiger partial charge in [-0.05, 0) is 60.7 Å². The van der Waals surface area contributed by atoms with Gasteiger partial charge in [-0.25, -0.2) is 4.39 Å². The van der Waals surface area contributed by atoms with Gasteiger partial charge in [0.2, 0.25) is 5.91 Å². The van der Waals surface area contributed by atoms with Crippen LogP contribution in [0.25, 0.3) is 22.2 Å². The summed E-state index contributed by atoms with van der Waals surface area (Å²) >= 11 is 0. The maximum Gasteiger partial charge on any atom is 0.251 e. The van der Waals surface area contributed by atoms with Crippen molar-refractivity contribution in [1.29, 1.82) is 0 Å². The maximum absolute atomic E-state index is 14.0. The van der Waals surface area contributed by atoms with Gasteiger partial charge in [0.05, 0.1) is 0 Å². The summed E-state index contributed by atoms with van der Waals surface area (Å²) in [5.41, 5.74) is 4.42. The predicted molar refractivity (Wildman–Crippen MR) is 136 cm³/mol. The average Bonchev–Trinajstić information content (AvgIpc) is 3.26. The number of nitrogens with zero attached hydrogens (tertiary/aromatic N) is 1. The lowest BCUT2D eigenvalue weighted by Gasteiger charge is -2.32. The molecule has 0 saturated carbocycles. The molecule has 1 aromatic heterocycles. The summed E-state index contributed by atoms with van der Waals surface area (Å²) in [5.74, 6) is -0.277. The summed E-state index contributed by atoms with van der Waals surface area (Å²) in [7, 11) is 0. The van der Waals surface area contributed by atoms with Gasteiger partial charge < -0.3 is 15.2 Å². The van der Waals surface area contributed by atoms with E-state index in [4.69, 9.17) is 0 Å². The van der Waals surface area contributed by atoms with Crippen molar-refractivity contribution in [3.8, 4) is 11.3 Å². The third-order valence-corrected chi connectivity index (χ3v) is 6.74. The number of nitrogens with one attached hydrogen (secondary N) is 2. The van der Waals surface area contributed by atoms with E-state index in [-0.39, 0.29) is 23.7 Å². The molecule has 4 aromatic rings. The molecule has 2 heterocycles. The molecule has 0 radical (unpaired) electrons. The Morgan fingerprint density at radius 2 is 1.63 bits per heavy atom. The van der Waals surface area contributed by atoms with Crippen LogP contribution in [0.4, 0.5) is 4.39 Å². The van der Waals surface area contributed by atoms with Crippen LogP contribution in [0.15, 0.2) is 78.9 Å². The molecule has 0 aliphatic carbocycles. The van der Waals surface area contributed by atoms with E-state index in [0.29, 0.717) is 31.5 Å². The highest BCUT2D eigenvalue weighted by Gasteiger charge is 2.25. The van der Waals surface area contributed by atoms with Crippen LogP contribution in [0.1, 0.15) is 35.2 Å². The molecule has 0 spiro atoms. The molecule has 1 aliphatic rings. The first-order chi connectivity index (χ1) is 17.1. The van der Waals surface area contributed by atoms with E-state index in [1.165, 1.54) is 6.07 Å². The van der Waals surface area contributed by atoms with Crippen LogP contribution in [-0.4, -0.2) is 40.8 Å². The van der Waals surface area contributed by atoms with Crippen LogP contribution < -0.4 is 5.32 Å². The maximum atomic E-state index is 14.0. The van der Waals surface area contributed by atoms with Gasteiger partial charge in [-0.15, -0.1) is 0 Å². The van der Waals surface area contributed by atoms with Crippen LogP contribution in [0.3, 0.4) is 0 Å². The molecule has 0 unspecified atom stereocenters. The van der Waals surface area contributed by atoms with Gasteiger partial charge in [0.25, 0.3) is 5.91 Å². The zero-order valence-electron chi connectivity index (χ0n) is 19.5. The summed E-state index contributed by atoms with van der Waals surface area (Å²) in [5, 5.41) is 3.90. The van der Waals surface area contributed by atoms with Crippen molar-refractivity contribution in [1.82, 2.24) is 15.2 Å². The minimum absolute atomic E-state index is 0.0630. The normalized spacial score (nSPS) is 14.3. The fraction of sp³-hybridized carbons (Fsp3) is 0.241. The monoisotopic (exact) mass is 469 g/mol. The Morgan fingerprint density at radius 1 is 0.943 bits per heavy atom. The van der Waals surface area contributed by atoms with Crippen LogP contribution in [0.2, 0.25) is 0 Å². The Bertz CT molecular complexity index is 1330. The number of H-pyrrole nitrogens is 1. The van der Waals surface area contributed by atoms with Crippen molar-refractivity contribution in [2.75, 3.05) is 13.1 Å². The molecule has 5 rings (SSSR count). The number of aromatic amines is 1. The van der Waals surface area contributed by atoms with Gasteiger partial charge in [-0.3, -0.25) is 9.59 Å². The molecule has 0 atom stereocenters. The standard InChI is InChI=1S/C29H28FN3O2/c30-22-11-13-26-25(19-22)24(28(32-26)20-7-3-1-4-8-20)12-14-27(34)33-17-15-23(16-18-33)31-29(35)21-9-5-2-6-10-21/h1-11,13,19,23,32H,12,14-18H2,(H,31,35). The highest BCUT2D eigenvalue weighted by Crippen LogP contribution is 2.32. The number of hydrogen-bond acceptors (Lipinski definition) is 2. The molecular weight excluding hydrogens is 441 g/mol. The second-order valence-electron chi connectivity index (χ2n) is 9.03. The number of fused-ring (bicyclic) bond motifs is 1. The smallest absolute Gasteiger partial charge is 0.251 e. The number of amides is 2. The molecule has 6 heteroatoms. The fourth-order valence-corrected chi connectivity index (χ4v) is 4.85. The summed E-state index contributed by atoms with van der Waals surface area (Å²) in [6, 6.07) is 23.9. The minimum Gasteiger partial charge on any atom is -0.354 e. The van der Waals surface area contributed by atoms with Crippen molar-refractivity contribution in [2.24, 2.45) is 0 Å². The predicted octanol–water partition coefficient (Wildman–Crippen LogP) is 5.33. The van der Waals surface area contributed by atoms with Gasteiger partial charge in [0.1, 0.15) is 5.82 Å². The van der Waals surface area contributed by atoms with Gasteiger partial charge in [-0.1, -0.05) is 48.5 Å². The van der Waals surface area contributed by atoms with Crippen LogP contribution >= 0.6 is 0 Å². The summed E-state index contributed by atoms with van der Waals surface area (Å²) < 4.78 is 14.0. The molecule has 35 heavy (non-hydrogen) atoms. The van der Waals surface area contributed by atoms with Crippen LogP contribution in [0, 0.1) is 5.82 Å². The van der Waals surface area contributed by atoms with E-state index >= 15 is 0 Å². The molecule has 1 saturated heterocycles. The van der Waals surface area contributed by atoms with E-state index < -0.39 is 0 Å². The number of piperidine rings is 1. The second kappa shape index (κ2) is 10.1. The Kier molecular flexibility index (Phi) is 6.62. The summed E-state index contributed by atoms with van der Waals surface area (Å²) in [4.78, 5) is 30.8. The second-order valence-corrected chi connectivity index (χ2v) is 9.03. The molecule has 3 aromatic carbocycles. The average molecular weight is 470 g/mol. The Hall–Kier alpha value is -3.93. The first kappa shape index (κ1) is 22.8. The van der Waals surface area contributed by atoms with E-state index in [0.717, 1.165) is 40.6 Å². The zero-order valence-corrected chi connectivity index (χ0v) is 19.5. The first-order valence-corrected chi connectivity index (χ1v) is 12.1. The number of rotatable bonds is 6. The third kappa shape index (κ3) is 5.11.